The first-order chi connectivity index (χ1) is 11.4. The molecule has 0 amide bonds. The first kappa shape index (κ1) is 17.8. The van der Waals surface area contributed by atoms with E-state index >= 15 is 0 Å². The van der Waals surface area contributed by atoms with Crippen molar-refractivity contribution in [3.8, 4) is 11.5 Å². The average molecular weight is 368 g/mol. The van der Waals surface area contributed by atoms with Gasteiger partial charge in [-0.25, -0.2) is 0 Å². The second-order valence-corrected chi connectivity index (χ2v) is 5.42. The highest BCUT2D eigenvalue weighted by Crippen LogP contribution is 2.28. The molecule has 0 aromatic heterocycles. The zero-order valence-electron chi connectivity index (χ0n) is 12.8. The highest BCUT2D eigenvalue weighted by Gasteiger charge is 2.13. The smallest absolute Gasteiger partial charge is 0.289 e. The van der Waals surface area contributed by atoms with E-state index in [1.807, 2.05) is 0 Å². The van der Waals surface area contributed by atoms with E-state index in [0.717, 1.165) is 0 Å². The molecule has 0 heterocycles. The van der Waals surface area contributed by atoms with Gasteiger partial charge in [0.05, 0.1) is 19.1 Å². The third-order valence-corrected chi connectivity index (χ3v) is 3.53. The Labute approximate surface area is 148 Å². The van der Waals surface area contributed by atoms with Crippen LogP contribution < -0.4 is 20.1 Å². The second kappa shape index (κ2) is 7.80. The number of nitro groups is 1. The maximum Gasteiger partial charge on any atom is 0.289 e. The van der Waals surface area contributed by atoms with E-state index in [-0.39, 0.29) is 15.8 Å². The van der Waals surface area contributed by atoms with Gasteiger partial charge in [0.2, 0.25) is 0 Å². The lowest BCUT2D eigenvalue weighted by Crippen LogP contribution is -2.19. The van der Waals surface area contributed by atoms with Crippen molar-refractivity contribution in [3.63, 3.8) is 0 Å². The monoisotopic (exact) mass is 367 g/mol. The standard InChI is InChI=1S/C15H14ClN3O4S/c1-22-11-5-10(6-12(8-11)23-2)18-15(24)17-9-3-4-13(16)14(7-9)19(20)21/h3-8H,1-2H3,(H2,17,18,24). The number of anilines is 2. The fourth-order valence-corrected chi connectivity index (χ4v) is 2.33. The molecule has 0 saturated heterocycles. The van der Waals surface area contributed by atoms with Gasteiger partial charge in [-0.05, 0) is 24.4 Å². The van der Waals surface area contributed by atoms with E-state index in [2.05, 4.69) is 10.6 Å². The molecule has 0 aliphatic rings. The van der Waals surface area contributed by atoms with E-state index in [1.54, 1.807) is 38.5 Å². The number of hydrogen-bond donors (Lipinski definition) is 2. The van der Waals surface area contributed by atoms with Gasteiger partial charge in [-0.1, -0.05) is 11.6 Å². The number of halogens is 1. The third kappa shape index (κ3) is 4.46. The topological polar surface area (TPSA) is 85.7 Å². The molecule has 2 rings (SSSR count). The SMILES string of the molecule is COc1cc(NC(=S)Nc2ccc(Cl)c([N+](=O)[O-])c2)cc(OC)c1. The van der Waals surface area contributed by atoms with Crippen LogP contribution in [0.4, 0.5) is 17.1 Å². The van der Waals surface area contributed by atoms with Crippen LogP contribution in [-0.2, 0) is 0 Å². The first-order valence-electron chi connectivity index (χ1n) is 6.68. The first-order valence-corrected chi connectivity index (χ1v) is 7.46. The Balaban J connectivity index is 2.14. The van der Waals surface area contributed by atoms with E-state index in [1.165, 1.54) is 12.1 Å². The Morgan fingerprint density at radius 2 is 1.67 bits per heavy atom. The summed E-state index contributed by atoms with van der Waals surface area (Å²) in [5.74, 6) is 1.20. The minimum absolute atomic E-state index is 0.0574. The summed E-state index contributed by atoms with van der Waals surface area (Å²) in [5.41, 5.74) is 0.887. The molecule has 0 aliphatic carbocycles. The van der Waals surface area contributed by atoms with Crippen molar-refractivity contribution >= 4 is 46.0 Å². The molecule has 2 aromatic carbocycles. The normalized spacial score (nSPS) is 9.96. The summed E-state index contributed by atoms with van der Waals surface area (Å²) in [6, 6.07) is 9.53. The van der Waals surface area contributed by atoms with Gasteiger partial charge in [0.25, 0.3) is 5.69 Å². The van der Waals surface area contributed by atoms with Crippen LogP contribution in [0.1, 0.15) is 0 Å². The van der Waals surface area contributed by atoms with Crippen molar-refractivity contribution in [1.82, 2.24) is 0 Å². The van der Waals surface area contributed by atoms with Crippen molar-refractivity contribution in [3.05, 3.63) is 51.5 Å². The lowest BCUT2D eigenvalue weighted by Gasteiger charge is -2.13. The summed E-state index contributed by atoms with van der Waals surface area (Å²) in [7, 11) is 3.09. The molecule has 7 nitrogen and oxygen atoms in total. The Morgan fingerprint density at radius 3 is 2.21 bits per heavy atom. The van der Waals surface area contributed by atoms with E-state index < -0.39 is 4.92 Å². The molecule has 0 spiro atoms. The summed E-state index contributed by atoms with van der Waals surface area (Å²) in [6.45, 7) is 0. The lowest BCUT2D eigenvalue weighted by atomic mass is 10.2. The molecule has 0 bridgehead atoms. The van der Waals surface area contributed by atoms with E-state index in [0.29, 0.717) is 22.9 Å². The minimum atomic E-state index is -0.559. The maximum atomic E-state index is 10.9. The number of hydrogen-bond acceptors (Lipinski definition) is 5. The van der Waals surface area contributed by atoms with Gasteiger partial charge in [-0.2, -0.15) is 0 Å². The number of nitro benzene ring substituents is 1. The van der Waals surface area contributed by atoms with Crippen LogP contribution in [0.25, 0.3) is 0 Å². The van der Waals surface area contributed by atoms with Crippen LogP contribution in [0.15, 0.2) is 36.4 Å². The molecule has 0 unspecified atom stereocenters. The molecule has 0 fully saturated rings. The molecule has 2 aromatic rings. The number of benzene rings is 2. The molecule has 0 atom stereocenters. The second-order valence-electron chi connectivity index (χ2n) is 4.60. The molecule has 9 heteroatoms. The number of ether oxygens (including phenoxy) is 2. The van der Waals surface area contributed by atoms with Crippen molar-refractivity contribution in [2.75, 3.05) is 24.9 Å². The summed E-state index contributed by atoms with van der Waals surface area (Å²) in [5, 5.41) is 17.0. The predicted molar refractivity (Wildman–Crippen MR) is 97.5 cm³/mol. The van der Waals surface area contributed by atoms with Crippen LogP contribution in [0.2, 0.25) is 5.02 Å². The molecule has 126 valence electrons. The Bertz CT molecular complexity index is 763. The van der Waals surface area contributed by atoms with Gasteiger partial charge in [0.1, 0.15) is 16.5 Å². The van der Waals surface area contributed by atoms with Crippen molar-refractivity contribution in [1.29, 1.82) is 0 Å². The van der Waals surface area contributed by atoms with Gasteiger partial charge in [-0.15, -0.1) is 0 Å². The molecular weight excluding hydrogens is 354 g/mol. The van der Waals surface area contributed by atoms with Crippen LogP contribution in [0.5, 0.6) is 11.5 Å². The van der Waals surface area contributed by atoms with E-state index in [9.17, 15) is 10.1 Å². The van der Waals surface area contributed by atoms with Crippen LogP contribution in [-0.4, -0.2) is 24.3 Å². The summed E-state index contributed by atoms with van der Waals surface area (Å²) in [6.07, 6.45) is 0. The largest absolute Gasteiger partial charge is 0.497 e. The fraction of sp³-hybridized carbons (Fsp3) is 0.133. The molecule has 24 heavy (non-hydrogen) atoms. The number of methoxy groups -OCH3 is 2. The van der Waals surface area contributed by atoms with Crippen LogP contribution >= 0.6 is 23.8 Å². The van der Waals surface area contributed by atoms with Crippen molar-refractivity contribution in [2.45, 2.75) is 0 Å². The highest BCUT2D eigenvalue weighted by atomic mass is 35.5. The molecule has 0 aliphatic heterocycles. The molecule has 0 radical (unpaired) electrons. The van der Waals surface area contributed by atoms with Crippen molar-refractivity contribution < 1.29 is 14.4 Å². The van der Waals surface area contributed by atoms with Crippen LogP contribution in [0.3, 0.4) is 0 Å². The number of thiocarbonyl (C=S) groups is 1. The molecule has 2 N–H and O–H groups in total. The lowest BCUT2D eigenvalue weighted by molar-refractivity contribution is -0.384. The van der Waals surface area contributed by atoms with Gasteiger partial charge in [-0.3, -0.25) is 10.1 Å². The van der Waals surface area contributed by atoms with Gasteiger partial charge >= 0.3 is 0 Å². The quantitative estimate of drug-likeness (QED) is 0.468. The fourth-order valence-electron chi connectivity index (χ4n) is 1.90. The Hall–Kier alpha value is -2.58. The minimum Gasteiger partial charge on any atom is -0.497 e. The highest BCUT2D eigenvalue weighted by molar-refractivity contribution is 7.80. The van der Waals surface area contributed by atoms with Gasteiger partial charge < -0.3 is 20.1 Å². The number of nitrogens with zero attached hydrogens (tertiary/aromatic N) is 1. The maximum absolute atomic E-state index is 10.9. The van der Waals surface area contributed by atoms with Gasteiger partial charge in [0, 0.05) is 35.6 Å². The number of rotatable bonds is 5. The summed E-state index contributed by atoms with van der Waals surface area (Å²) >= 11 is 11.0. The summed E-state index contributed by atoms with van der Waals surface area (Å²) < 4.78 is 10.4. The van der Waals surface area contributed by atoms with E-state index in [4.69, 9.17) is 33.3 Å². The van der Waals surface area contributed by atoms with Gasteiger partial charge in [0.15, 0.2) is 5.11 Å². The third-order valence-electron chi connectivity index (χ3n) is 3.01. The molecular formula is C15H14ClN3O4S. The van der Waals surface area contributed by atoms with Crippen molar-refractivity contribution in [2.24, 2.45) is 0 Å². The Kier molecular flexibility index (Phi) is 5.78. The zero-order chi connectivity index (χ0) is 17.7. The van der Waals surface area contributed by atoms with Crippen LogP contribution in [0, 0.1) is 10.1 Å². The average Bonchev–Trinajstić information content (AvgIpc) is 2.55. The zero-order valence-corrected chi connectivity index (χ0v) is 14.4. The Morgan fingerprint density at radius 1 is 1.08 bits per heavy atom. The molecule has 0 saturated carbocycles. The predicted octanol–water partition coefficient (Wildman–Crippen LogP) is 4.07. The summed E-state index contributed by atoms with van der Waals surface area (Å²) in [4.78, 5) is 10.4. The number of nitrogens with one attached hydrogen (secondary N) is 2.